The Kier molecular flexibility index (Phi) is 2.75. The van der Waals surface area contributed by atoms with E-state index in [9.17, 15) is 4.79 Å². The Morgan fingerprint density at radius 3 is 2.44 bits per heavy atom. The van der Waals surface area contributed by atoms with Crippen LogP contribution in [0.25, 0.3) is 0 Å². The summed E-state index contributed by atoms with van der Waals surface area (Å²) in [4.78, 5) is 12.1. The lowest BCUT2D eigenvalue weighted by atomic mass is 10.0. The third-order valence-electron chi connectivity index (χ3n) is 2.71. The molecule has 0 unspecified atom stereocenters. The molecule has 1 amide bonds. The van der Waals surface area contributed by atoms with Crippen LogP contribution < -0.4 is 5.32 Å². The minimum Gasteiger partial charge on any atom is -0.347 e. The van der Waals surface area contributed by atoms with Crippen LogP contribution in [0.4, 0.5) is 0 Å². The van der Waals surface area contributed by atoms with Crippen molar-refractivity contribution in [1.82, 2.24) is 5.32 Å². The Bertz CT molecular complexity index is 399. The Morgan fingerprint density at radius 1 is 1.25 bits per heavy atom. The maximum atomic E-state index is 12.1. The number of hydrogen-bond acceptors (Lipinski definition) is 1. The second-order valence-electron chi connectivity index (χ2n) is 5.57. The lowest BCUT2D eigenvalue weighted by molar-refractivity contribution is 0.0918. The summed E-state index contributed by atoms with van der Waals surface area (Å²) in [5, 5.41) is 3.02. The summed E-state index contributed by atoms with van der Waals surface area (Å²) < 4.78 is 0. The summed E-state index contributed by atoms with van der Waals surface area (Å²) in [6.07, 6.45) is 2.44. The highest BCUT2D eigenvalue weighted by molar-refractivity contribution is 5.96. The molecule has 0 bridgehead atoms. The number of hydrogen-bond donors (Lipinski definition) is 1. The van der Waals surface area contributed by atoms with E-state index in [1.807, 2.05) is 39.0 Å². The maximum absolute atomic E-state index is 12.1. The molecule has 2 rings (SSSR count). The van der Waals surface area contributed by atoms with Crippen molar-refractivity contribution in [3.8, 4) is 0 Å². The Morgan fingerprint density at radius 2 is 1.88 bits per heavy atom. The third-order valence-corrected chi connectivity index (χ3v) is 2.71. The first-order valence-corrected chi connectivity index (χ1v) is 5.89. The summed E-state index contributed by atoms with van der Waals surface area (Å²) >= 11 is 0. The van der Waals surface area contributed by atoms with Gasteiger partial charge in [0.2, 0.25) is 0 Å². The minimum atomic E-state index is -0.173. The van der Waals surface area contributed by atoms with Crippen molar-refractivity contribution in [2.24, 2.45) is 0 Å². The fourth-order valence-corrected chi connectivity index (χ4v) is 1.86. The first-order valence-electron chi connectivity index (χ1n) is 5.89. The van der Waals surface area contributed by atoms with Gasteiger partial charge in [0.25, 0.3) is 5.91 Å². The monoisotopic (exact) mass is 217 g/mol. The van der Waals surface area contributed by atoms with Gasteiger partial charge in [0.1, 0.15) is 0 Å². The van der Waals surface area contributed by atoms with Crippen molar-refractivity contribution in [3.05, 3.63) is 35.4 Å². The molecule has 1 aromatic carbocycles. The molecule has 0 heterocycles. The molecule has 86 valence electrons. The summed E-state index contributed by atoms with van der Waals surface area (Å²) in [5.41, 5.74) is 1.89. The first kappa shape index (κ1) is 11.2. The largest absolute Gasteiger partial charge is 0.347 e. The molecule has 1 aromatic rings. The van der Waals surface area contributed by atoms with E-state index in [0.717, 1.165) is 5.56 Å². The molecule has 1 aliphatic rings. The lowest BCUT2D eigenvalue weighted by Gasteiger charge is -2.21. The molecular formula is C14H19NO. The minimum absolute atomic E-state index is 0.0509. The van der Waals surface area contributed by atoms with Crippen molar-refractivity contribution in [2.45, 2.75) is 45.1 Å². The molecule has 1 aliphatic carbocycles. The van der Waals surface area contributed by atoms with E-state index < -0.39 is 0 Å². The molecule has 0 aliphatic heterocycles. The molecule has 16 heavy (non-hydrogen) atoms. The van der Waals surface area contributed by atoms with Gasteiger partial charge < -0.3 is 5.32 Å². The zero-order valence-corrected chi connectivity index (χ0v) is 10.2. The van der Waals surface area contributed by atoms with E-state index in [2.05, 4.69) is 11.4 Å². The fraction of sp³-hybridized carbons (Fsp3) is 0.500. The van der Waals surface area contributed by atoms with Crippen molar-refractivity contribution >= 4 is 5.91 Å². The standard InChI is InChI=1S/C14H19NO/c1-14(2,3)15-13(16)12-7-5-4-6-11(12)10-8-9-10/h4-7,10H,8-9H2,1-3H3,(H,15,16). The van der Waals surface area contributed by atoms with Crippen molar-refractivity contribution in [3.63, 3.8) is 0 Å². The van der Waals surface area contributed by atoms with Crippen molar-refractivity contribution in [1.29, 1.82) is 0 Å². The molecule has 2 heteroatoms. The molecule has 1 fully saturated rings. The van der Waals surface area contributed by atoms with Gasteiger partial charge in [-0.2, -0.15) is 0 Å². The van der Waals surface area contributed by atoms with Crippen molar-refractivity contribution < 1.29 is 4.79 Å². The van der Waals surface area contributed by atoms with Gasteiger partial charge in [-0.25, -0.2) is 0 Å². The van der Waals surface area contributed by atoms with Gasteiger partial charge in [0, 0.05) is 11.1 Å². The van der Waals surface area contributed by atoms with Crippen LogP contribution in [0.15, 0.2) is 24.3 Å². The first-order chi connectivity index (χ1) is 7.47. The normalized spacial score (nSPS) is 15.9. The molecule has 1 saturated carbocycles. The highest BCUT2D eigenvalue weighted by Gasteiger charge is 2.28. The predicted molar refractivity (Wildman–Crippen MR) is 65.6 cm³/mol. The summed E-state index contributed by atoms with van der Waals surface area (Å²) in [6, 6.07) is 7.95. The van der Waals surface area contributed by atoms with E-state index in [4.69, 9.17) is 0 Å². The predicted octanol–water partition coefficient (Wildman–Crippen LogP) is 3.09. The summed E-state index contributed by atoms with van der Waals surface area (Å²) in [6.45, 7) is 6.01. The molecule has 0 radical (unpaired) electrons. The molecule has 1 N–H and O–H groups in total. The second kappa shape index (κ2) is 3.93. The maximum Gasteiger partial charge on any atom is 0.251 e. The Hall–Kier alpha value is -1.31. The fourth-order valence-electron chi connectivity index (χ4n) is 1.86. The Balaban J connectivity index is 2.22. The van der Waals surface area contributed by atoms with E-state index in [-0.39, 0.29) is 11.4 Å². The summed E-state index contributed by atoms with van der Waals surface area (Å²) in [5.74, 6) is 0.664. The van der Waals surface area contributed by atoms with Gasteiger partial charge in [-0.3, -0.25) is 4.79 Å². The number of amides is 1. The molecule has 0 atom stereocenters. The highest BCUT2D eigenvalue weighted by atomic mass is 16.1. The van der Waals surface area contributed by atoms with Gasteiger partial charge >= 0.3 is 0 Å². The van der Waals surface area contributed by atoms with Crippen LogP contribution in [-0.4, -0.2) is 11.4 Å². The average molecular weight is 217 g/mol. The van der Waals surface area contributed by atoms with E-state index in [1.165, 1.54) is 18.4 Å². The molecular weight excluding hydrogens is 198 g/mol. The van der Waals surface area contributed by atoms with Gasteiger partial charge in [-0.1, -0.05) is 18.2 Å². The molecule has 0 saturated heterocycles. The van der Waals surface area contributed by atoms with Crippen LogP contribution in [0.1, 0.15) is 55.5 Å². The van der Waals surface area contributed by atoms with Gasteiger partial charge in [0.05, 0.1) is 0 Å². The molecule has 0 aromatic heterocycles. The van der Waals surface area contributed by atoms with Gasteiger partial charge in [0.15, 0.2) is 0 Å². The van der Waals surface area contributed by atoms with Gasteiger partial charge in [-0.05, 0) is 51.2 Å². The average Bonchev–Trinajstić information content (AvgIpc) is 2.98. The molecule has 2 nitrogen and oxygen atoms in total. The quantitative estimate of drug-likeness (QED) is 0.810. The summed E-state index contributed by atoms with van der Waals surface area (Å²) in [7, 11) is 0. The molecule has 0 spiro atoms. The van der Waals surface area contributed by atoms with E-state index in [0.29, 0.717) is 5.92 Å². The van der Waals surface area contributed by atoms with E-state index >= 15 is 0 Å². The van der Waals surface area contributed by atoms with Crippen LogP contribution in [0.5, 0.6) is 0 Å². The van der Waals surface area contributed by atoms with E-state index in [1.54, 1.807) is 0 Å². The number of nitrogens with one attached hydrogen (secondary N) is 1. The Labute approximate surface area is 97.1 Å². The van der Waals surface area contributed by atoms with Crippen LogP contribution in [0.2, 0.25) is 0 Å². The SMILES string of the molecule is CC(C)(C)NC(=O)c1ccccc1C1CC1. The van der Waals surface area contributed by atoms with Crippen LogP contribution >= 0.6 is 0 Å². The second-order valence-corrected chi connectivity index (χ2v) is 5.57. The highest BCUT2D eigenvalue weighted by Crippen LogP contribution is 2.41. The van der Waals surface area contributed by atoms with Gasteiger partial charge in [-0.15, -0.1) is 0 Å². The number of carbonyl (C=O) groups is 1. The number of carbonyl (C=O) groups excluding carboxylic acids is 1. The lowest BCUT2D eigenvalue weighted by Crippen LogP contribution is -2.40. The third kappa shape index (κ3) is 2.63. The topological polar surface area (TPSA) is 29.1 Å². The number of benzene rings is 1. The number of rotatable bonds is 2. The van der Waals surface area contributed by atoms with Crippen LogP contribution in [0.3, 0.4) is 0 Å². The smallest absolute Gasteiger partial charge is 0.251 e. The van der Waals surface area contributed by atoms with Crippen LogP contribution in [0, 0.1) is 0 Å². The van der Waals surface area contributed by atoms with Crippen LogP contribution in [-0.2, 0) is 0 Å². The zero-order chi connectivity index (χ0) is 11.8. The van der Waals surface area contributed by atoms with Crippen molar-refractivity contribution in [2.75, 3.05) is 0 Å². The zero-order valence-electron chi connectivity index (χ0n) is 10.2.